The monoisotopic (exact) mass is 330 g/mol. The van der Waals surface area contributed by atoms with Crippen LogP contribution in [0.5, 0.6) is 0 Å². The molecule has 2 fully saturated rings. The number of likely N-dealkylation sites (tertiary alicyclic amines) is 1. The number of hydrogen-bond acceptors (Lipinski definition) is 2. The Kier molecular flexibility index (Phi) is 5.07. The lowest BCUT2D eigenvalue weighted by Crippen LogP contribution is -2.59. The van der Waals surface area contributed by atoms with E-state index < -0.39 is 17.2 Å². The molecule has 22 heavy (non-hydrogen) atoms. The molecule has 1 atom stereocenters. The Bertz CT molecular complexity index is 543. The van der Waals surface area contributed by atoms with Crippen molar-refractivity contribution >= 4 is 18.3 Å². The van der Waals surface area contributed by atoms with E-state index in [0.717, 1.165) is 31.7 Å². The maximum absolute atomic E-state index is 13.2. The molecule has 3 nitrogen and oxygen atoms in total. The van der Waals surface area contributed by atoms with Crippen molar-refractivity contribution < 1.29 is 13.6 Å². The fourth-order valence-corrected chi connectivity index (χ4v) is 3.33. The highest BCUT2D eigenvalue weighted by molar-refractivity contribution is 5.87. The number of nitrogens with two attached hydrogens (primary N) is 1. The summed E-state index contributed by atoms with van der Waals surface area (Å²) in [6.07, 6.45) is 4.00. The molecule has 1 aromatic carbocycles. The molecule has 1 aromatic rings. The van der Waals surface area contributed by atoms with E-state index in [1.54, 1.807) is 0 Å². The van der Waals surface area contributed by atoms with Crippen LogP contribution in [0.1, 0.15) is 31.2 Å². The van der Waals surface area contributed by atoms with Crippen LogP contribution < -0.4 is 5.73 Å². The Morgan fingerprint density at radius 3 is 2.45 bits per heavy atom. The van der Waals surface area contributed by atoms with E-state index in [4.69, 9.17) is 5.73 Å². The fourth-order valence-electron chi connectivity index (χ4n) is 3.33. The van der Waals surface area contributed by atoms with E-state index >= 15 is 0 Å². The number of rotatable bonds is 3. The van der Waals surface area contributed by atoms with Crippen molar-refractivity contribution in [2.45, 2.75) is 37.6 Å². The first kappa shape index (κ1) is 17.2. The molecule has 1 unspecified atom stereocenters. The van der Waals surface area contributed by atoms with E-state index in [-0.39, 0.29) is 24.2 Å². The number of benzene rings is 1. The van der Waals surface area contributed by atoms with E-state index in [1.165, 1.54) is 12.1 Å². The molecule has 1 saturated heterocycles. The van der Waals surface area contributed by atoms with Gasteiger partial charge in [-0.25, -0.2) is 8.78 Å². The van der Waals surface area contributed by atoms with Crippen LogP contribution >= 0.6 is 12.4 Å². The van der Waals surface area contributed by atoms with Gasteiger partial charge in [0.2, 0.25) is 5.91 Å². The number of hydrogen-bond donors (Lipinski definition) is 1. The summed E-state index contributed by atoms with van der Waals surface area (Å²) in [5, 5.41) is 0. The Hall–Kier alpha value is -1.20. The average Bonchev–Trinajstić information content (AvgIpc) is 2.82. The minimum Gasteiger partial charge on any atom is -0.341 e. The topological polar surface area (TPSA) is 46.3 Å². The quantitative estimate of drug-likeness (QED) is 0.926. The molecule has 0 spiro atoms. The lowest BCUT2D eigenvalue weighted by Gasteiger charge is -2.39. The molecule has 0 radical (unpaired) electrons. The summed E-state index contributed by atoms with van der Waals surface area (Å²) in [4.78, 5) is 14.2. The minimum atomic E-state index is -0.653. The molecule has 1 aliphatic carbocycles. The summed E-state index contributed by atoms with van der Waals surface area (Å²) in [5.74, 6) is -0.807. The SMILES string of the molecule is Cl.NC1(C(=O)N2CCC(Cc3cc(F)cc(F)c3)C2)CCC1. The molecule has 122 valence electrons. The molecule has 0 bridgehead atoms. The van der Waals surface area contributed by atoms with Crippen molar-refractivity contribution in [3.63, 3.8) is 0 Å². The van der Waals surface area contributed by atoms with Gasteiger partial charge in [0.25, 0.3) is 0 Å². The smallest absolute Gasteiger partial charge is 0.242 e. The first-order valence-corrected chi connectivity index (χ1v) is 7.49. The predicted molar refractivity (Wildman–Crippen MR) is 82.8 cm³/mol. The third-order valence-corrected chi connectivity index (χ3v) is 4.69. The molecule has 1 heterocycles. The third kappa shape index (κ3) is 3.41. The van der Waals surface area contributed by atoms with Crippen LogP contribution in [0.2, 0.25) is 0 Å². The van der Waals surface area contributed by atoms with Crippen molar-refractivity contribution in [1.82, 2.24) is 4.90 Å². The van der Waals surface area contributed by atoms with Gasteiger partial charge in [-0.05, 0) is 55.7 Å². The normalized spacial score (nSPS) is 22.9. The van der Waals surface area contributed by atoms with Gasteiger partial charge in [-0.3, -0.25) is 4.79 Å². The second kappa shape index (κ2) is 6.50. The molecule has 6 heteroatoms. The summed E-state index contributed by atoms with van der Waals surface area (Å²) < 4.78 is 26.4. The Morgan fingerprint density at radius 1 is 1.27 bits per heavy atom. The van der Waals surface area contributed by atoms with Gasteiger partial charge >= 0.3 is 0 Å². The van der Waals surface area contributed by atoms with E-state index in [2.05, 4.69) is 0 Å². The molecule has 3 rings (SSSR count). The van der Waals surface area contributed by atoms with Crippen molar-refractivity contribution in [2.24, 2.45) is 11.7 Å². The van der Waals surface area contributed by atoms with Gasteiger partial charge in [0.15, 0.2) is 0 Å². The molecule has 2 N–H and O–H groups in total. The highest BCUT2D eigenvalue weighted by Gasteiger charge is 2.44. The zero-order valence-corrected chi connectivity index (χ0v) is 13.2. The van der Waals surface area contributed by atoms with Crippen LogP contribution in [0.3, 0.4) is 0 Å². The van der Waals surface area contributed by atoms with Gasteiger partial charge in [0.05, 0.1) is 5.54 Å². The molecule has 0 aromatic heterocycles. The molecular formula is C16H21ClF2N2O. The van der Waals surface area contributed by atoms with Gasteiger partial charge < -0.3 is 10.6 Å². The second-order valence-corrected chi connectivity index (χ2v) is 6.40. The van der Waals surface area contributed by atoms with Crippen molar-refractivity contribution in [3.05, 3.63) is 35.4 Å². The van der Waals surface area contributed by atoms with Crippen LogP contribution in [-0.2, 0) is 11.2 Å². The molecule has 2 aliphatic rings. The van der Waals surface area contributed by atoms with Crippen LogP contribution in [0.25, 0.3) is 0 Å². The predicted octanol–water partition coefficient (Wildman–Crippen LogP) is 2.66. The Morgan fingerprint density at radius 2 is 1.91 bits per heavy atom. The van der Waals surface area contributed by atoms with E-state index in [1.807, 2.05) is 4.90 Å². The largest absolute Gasteiger partial charge is 0.341 e. The zero-order valence-electron chi connectivity index (χ0n) is 12.4. The number of carbonyl (C=O) groups excluding carboxylic acids is 1. The summed E-state index contributed by atoms with van der Waals surface area (Å²) in [7, 11) is 0. The van der Waals surface area contributed by atoms with Gasteiger partial charge in [0.1, 0.15) is 11.6 Å². The lowest BCUT2D eigenvalue weighted by molar-refractivity contribution is -0.139. The Balaban J connectivity index is 0.00000176. The van der Waals surface area contributed by atoms with Crippen LogP contribution in [0, 0.1) is 17.6 Å². The molecule has 1 aliphatic heterocycles. The number of nitrogens with zero attached hydrogens (tertiary/aromatic N) is 1. The van der Waals surface area contributed by atoms with E-state index in [9.17, 15) is 13.6 Å². The molecule has 1 saturated carbocycles. The minimum absolute atomic E-state index is 0. The van der Waals surface area contributed by atoms with Crippen LogP contribution in [0.4, 0.5) is 8.78 Å². The average molecular weight is 331 g/mol. The van der Waals surface area contributed by atoms with Gasteiger partial charge in [0, 0.05) is 19.2 Å². The van der Waals surface area contributed by atoms with Gasteiger partial charge in [-0.2, -0.15) is 0 Å². The maximum atomic E-state index is 13.2. The number of halogens is 3. The Labute approximate surface area is 135 Å². The van der Waals surface area contributed by atoms with E-state index in [0.29, 0.717) is 25.1 Å². The third-order valence-electron chi connectivity index (χ3n) is 4.69. The van der Waals surface area contributed by atoms with Crippen LogP contribution in [-0.4, -0.2) is 29.4 Å². The van der Waals surface area contributed by atoms with Gasteiger partial charge in [-0.15, -0.1) is 12.4 Å². The van der Waals surface area contributed by atoms with Crippen molar-refractivity contribution in [3.8, 4) is 0 Å². The van der Waals surface area contributed by atoms with Crippen LogP contribution in [0.15, 0.2) is 18.2 Å². The molecule has 1 amide bonds. The number of amides is 1. The molecular weight excluding hydrogens is 310 g/mol. The fraction of sp³-hybridized carbons (Fsp3) is 0.562. The zero-order chi connectivity index (χ0) is 15.0. The number of carbonyl (C=O) groups is 1. The first-order chi connectivity index (χ1) is 9.96. The highest BCUT2D eigenvalue weighted by atomic mass is 35.5. The summed E-state index contributed by atoms with van der Waals surface area (Å²) in [6, 6.07) is 3.61. The van der Waals surface area contributed by atoms with Crippen molar-refractivity contribution in [1.29, 1.82) is 0 Å². The second-order valence-electron chi connectivity index (χ2n) is 6.40. The summed E-state index contributed by atoms with van der Waals surface area (Å²) in [5.41, 5.74) is 6.07. The summed E-state index contributed by atoms with van der Waals surface area (Å²) >= 11 is 0. The standard InChI is InChI=1S/C16H20F2N2O.ClH/c17-13-7-12(8-14(18)9-13)6-11-2-5-20(10-11)15(21)16(19)3-1-4-16;/h7-9,11H,1-6,10,19H2;1H. The maximum Gasteiger partial charge on any atom is 0.242 e. The first-order valence-electron chi connectivity index (χ1n) is 7.49. The summed E-state index contributed by atoms with van der Waals surface area (Å²) in [6.45, 7) is 1.33. The van der Waals surface area contributed by atoms with Crippen molar-refractivity contribution in [2.75, 3.05) is 13.1 Å². The lowest BCUT2D eigenvalue weighted by atomic mass is 9.76. The van der Waals surface area contributed by atoms with Gasteiger partial charge in [-0.1, -0.05) is 0 Å². The highest BCUT2D eigenvalue weighted by Crippen LogP contribution is 2.33.